The Morgan fingerprint density at radius 3 is 1.93 bits per heavy atom. The molecule has 0 saturated carbocycles. The lowest BCUT2D eigenvalue weighted by molar-refractivity contribution is 0.298. The van der Waals surface area contributed by atoms with Crippen LogP contribution in [0.4, 0.5) is 17.6 Å². The van der Waals surface area contributed by atoms with Gasteiger partial charge in [-0.2, -0.15) is 0 Å². The Labute approximate surface area is 252 Å². The molecule has 0 spiro atoms. The van der Waals surface area contributed by atoms with Gasteiger partial charge in [0.2, 0.25) is 0 Å². The number of hydrogen-bond acceptors (Lipinski definition) is 2. The molecule has 3 aromatic rings. The summed E-state index contributed by atoms with van der Waals surface area (Å²) in [6.45, 7) is 5.06. The van der Waals surface area contributed by atoms with Crippen molar-refractivity contribution in [2.45, 2.75) is 63.7 Å². The highest BCUT2D eigenvalue weighted by molar-refractivity contribution is 5.64. The molecular weight excluding hydrogens is 552 g/mol. The van der Waals surface area contributed by atoms with Crippen LogP contribution in [0.2, 0.25) is 0 Å². The van der Waals surface area contributed by atoms with Crippen molar-refractivity contribution in [3.05, 3.63) is 120 Å². The van der Waals surface area contributed by atoms with Gasteiger partial charge < -0.3 is 9.47 Å². The van der Waals surface area contributed by atoms with E-state index in [1.54, 1.807) is 42.5 Å². The summed E-state index contributed by atoms with van der Waals surface area (Å²) >= 11 is 0. The van der Waals surface area contributed by atoms with E-state index >= 15 is 0 Å². The molecule has 0 bridgehead atoms. The number of benzene rings is 3. The Balaban J connectivity index is 1.04. The SMILES string of the molecule is C=CC(CCCCCOc1ccc(-c2ccc(F)cc2)c(F)c1)CCCCCOc1ccc(C2C=CC(F)=CC2)c(F)c1. The van der Waals surface area contributed by atoms with Gasteiger partial charge >= 0.3 is 0 Å². The van der Waals surface area contributed by atoms with Gasteiger partial charge in [-0.05, 0) is 91.6 Å². The van der Waals surface area contributed by atoms with Gasteiger partial charge in [-0.3, -0.25) is 0 Å². The quantitative estimate of drug-likeness (QED) is 0.0882. The summed E-state index contributed by atoms with van der Waals surface area (Å²) in [4.78, 5) is 0. The zero-order valence-electron chi connectivity index (χ0n) is 24.6. The molecule has 43 heavy (non-hydrogen) atoms. The van der Waals surface area contributed by atoms with Gasteiger partial charge in [-0.15, -0.1) is 6.58 Å². The third-order valence-corrected chi connectivity index (χ3v) is 7.83. The molecule has 2 unspecified atom stereocenters. The molecule has 0 fully saturated rings. The highest BCUT2D eigenvalue weighted by atomic mass is 19.1. The topological polar surface area (TPSA) is 18.5 Å². The van der Waals surface area contributed by atoms with E-state index in [9.17, 15) is 17.6 Å². The molecule has 0 aliphatic heterocycles. The molecule has 2 nitrogen and oxygen atoms in total. The lowest BCUT2D eigenvalue weighted by atomic mass is 9.92. The molecule has 0 N–H and O–H groups in total. The van der Waals surface area contributed by atoms with E-state index in [2.05, 4.69) is 6.58 Å². The standard InChI is InChI=1S/C37H40F4O2/c1-2-27(9-5-3-7-23-42-32-19-21-34(36(40)25-32)28-11-15-30(38)16-12-28)10-6-4-8-24-43-33-20-22-35(37(41)26-33)29-13-17-31(39)18-14-29/h2,11-13,15-22,25-27,29H,1,3-10,14,23-24H2. The van der Waals surface area contributed by atoms with E-state index in [0.29, 0.717) is 53.7 Å². The van der Waals surface area contributed by atoms with Crippen molar-refractivity contribution in [1.82, 2.24) is 0 Å². The highest BCUT2D eigenvalue weighted by Gasteiger charge is 2.16. The summed E-state index contributed by atoms with van der Waals surface area (Å²) in [6, 6.07) is 15.5. The normalized spacial score (nSPS) is 15.2. The van der Waals surface area contributed by atoms with E-state index < -0.39 is 5.82 Å². The Hall–Kier alpha value is -3.80. The molecule has 3 aromatic carbocycles. The zero-order valence-corrected chi connectivity index (χ0v) is 24.6. The van der Waals surface area contributed by atoms with E-state index in [4.69, 9.17) is 9.47 Å². The van der Waals surface area contributed by atoms with Crippen LogP contribution in [0.1, 0.15) is 69.3 Å². The molecular formula is C37H40F4O2. The van der Waals surface area contributed by atoms with Crippen LogP contribution in [-0.4, -0.2) is 13.2 Å². The first kappa shape index (κ1) is 32.1. The number of unbranched alkanes of at least 4 members (excludes halogenated alkanes) is 4. The maximum atomic E-state index is 14.6. The minimum absolute atomic E-state index is 0.148. The number of ether oxygens (including phenoxy) is 2. The van der Waals surface area contributed by atoms with Crippen LogP contribution in [0.5, 0.6) is 11.5 Å². The summed E-state index contributed by atoms with van der Waals surface area (Å²) < 4.78 is 66.9. The molecule has 1 aliphatic rings. The van der Waals surface area contributed by atoms with Crippen molar-refractivity contribution in [2.75, 3.05) is 13.2 Å². The molecule has 6 heteroatoms. The molecule has 0 radical (unpaired) electrons. The minimum Gasteiger partial charge on any atom is -0.493 e. The second-order valence-corrected chi connectivity index (χ2v) is 11.0. The molecule has 0 amide bonds. The summed E-state index contributed by atoms with van der Waals surface area (Å²) in [7, 11) is 0. The zero-order chi connectivity index (χ0) is 30.4. The first-order chi connectivity index (χ1) is 20.9. The van der Waals surface area contributed by atoms with Crippen molar-refractivity contribution in [2.24, 2.45) is 5.92 Å². The minimum atomic E-state index is -0.391. The van der Waals surface area contributed by atoms with E-state index in [-0.39, 0.29) is 23.4 Å². The second kappa shape index (κ2) is 16.7. The number of halogens is 4. The fourth-order valence-corrected chi connectivity index (χ4v) is 5.30. The van der Waals surface area contributed by atoms with Gasteiger partial charge in [0.05, 0.1) is 13.2 Å². The Bertz CT molecular complexity index is 1380. The molecule has 4 rings (SSSR count). The van der Waals surface area contributed by atoms with Crippen LogP contribution in [0.25, 0.3) is 11.1 Å². The average Bonchev–Trinajstić information content (AvgIpc) is 3.01. The molecule has 0 heterocycles. The predicted molar refractivity (Wildman–Crippen MR) is 165 cm³/mol. The van der Waals surface area contributed by atoms with Crippen LogP contribution < -0.4 is 9.47 Å². The summed E-state index contributed by atoms with van der Waals surface area (Å²) in [5.41, 5.74) is 1.60. The Morgan fingerprint density at radius 2 is 1.37 bits per heavy atom. The Morgan fingerprint density at radius 1 is 0.744 bits per heavy atom. The van der Waals surface area contributed by atoms with Gasteiger partial charge in [0.1, 0.15) is 34.8 Å². The smallest absolute Gasteiger partial charge is 0.134 e. The van der Waals surface area contributed by atoms with Gasteiger partial charge in [0, 0.05) is 23.6 Å². The van der Waals surface area contributed by atoms with Crippen LogP contribution >= 0.6 is 0 Å². The summed E-state index contributed by atoms with van der Waals surface area (Å²) in [5, 5.41) is 0. The molecule has 2 atom stereocenters. The lowest BCUT2D eigenvalue weighted by Gasteiger charge is -2.16. The van der Waals surface area contributed by atoms with E-state index in [0.717, 1.165) is 51.4 Å². The lowest BCUT2D eigenvalue weighted by Crippen LogP contribution is -2.03. The third-order valence-electron chi connectivity index (χ3n) is 7.83. The number of hydrogen-bond donors (Lipinski definition) is 0. The van der Waals surface area contributed by atoms with E-state index in [1.807, 2.05) is 6.08 Å². The number of allylic oxidation sites excluding steroid dienone is 5. The second-order valence-electron chi connectivity index (χ2n) is 11.0. The molecule has 1 aliphatic carbocycles. The van der Waals surface area contributed by atoms with Gasteiger partial charge in [0.15, 0.2) is 0 Å². The van der Waals surface area contributed by atoms with Crippen molar-refractivity contribution < 1.29 is 27.0 Å². The number of rotatable bonds is 17. The monoisotopic (exact) mass is 592 g/mol. The fourth-order valence-electron chi connectivity index (χ4n) is 5.30. The fraction of sp³-hybridized carbons (Fsp3) is 0.351. The van der Waals surface area contributed by atoms with Crippen LogP contribution in [0.15, 0.2) is 97.4 Å². The van der Waals surface area contributed by atoms with Crippen molar-refractivity contribution in [3.63, 3.8) is 0 Å². The Kier molecular flexibility index (Phi) is 12.5. The van der Waals surface area contributed by atoms with E-state index in [1.165, 1.54) is 36.4 Å². The van der Waals surface area contributed by atoms with Crippen molar-refractivity contribution in [3.8, 4) is 22.6 Å². The maximum Gasteiger partial charge on any atom is 0.134 e. The van der Waals surface area contributed by atoms with Gasteiger partial charge in [-0.25, -0.2) is 17.6 Å². The van der Waals surface area contributed by atoms with Crippen LogP contribution in [0, 0.1) is 23.4 Å². The van der Waals surface area contributed by atoms with Crippen LogP contribution in [0.3, 0.4) is 0 Å². The summed E-state index contributed by atoms with van der Waals surface area (Å²) in [5.74, 6) is -0.0180. The maximum absolute atomic E-state index is 14.6. The predicted octanol–water partition coefficient (Wildman–Crippen LogP) is 11.0. The van der Waals surface area contributed by atoms with Crippen molar-refractivity contribution in [1.29, 1.82) is 0 Å². The van der Waals surface area contributed by atoms with Gasteiger partial charge in [-0.1, -0.05) is 56.0 Å². The largest absolute Gasteiger partial charge is 0.493 e. The van der Waals surface area contributed by atoms with Crippen molar-refractivity contribution >= 4 is 0 Å². The third kappa shape index (κ3) is 10.2. The van der Waals surface area contributed by atoms with Gasteiger partial charge in [0.25, 0.3) is 0 Å². The highest BCUT2D eigenvalue weighted by Crippen LogP contribution is 2.31. The molecule has 0 aromatic heterocycles. The average molecular weight is 593 g/mol. The first-order valence-corrected chi connectivity index (χ1v) is 15.2. The molecule has 0 saturated heterocycles. The first-order valence-electron chi connectivity index (χ1n) is 15.2. The summed E-state index contributed by atoms with van der Waals surface area (Å²) in [6.07, 6.45) is 15.2. The molecule has 228 valence electrons. The van der Waals surface area contributed by atoms with Crippen LogP contribution in [-0.2, 0) is 0 Å².